The van der Waals surface area contributed by atoms with E-state index in [1.54, 1.807) is 14.2 Å². The van der Waals surface area contributed by atoms with E-state index >= 15 is 0 Å². The van der Waals surface area contributed by atoms with E-state index in [0.29, 0.717) is 29.7 Å². The number of nitrogens with two attached hydrogens (primary N) is 1. The molecule has 0 bridgehead atoms. The van der Waals surface area contributed by atoms with Crippen molar-refractivity contribution in [2.24, 2.45) is 10.7 Å². The lowest BCUT2D eigenvalue weighted by Crippen LogP contribution is -2.26. The predicted octanol–water partition coefficient (Wildman–Crippen LogP) is 3.05. The van der Waals surface area contributed by atoms with Crippen LogP contribution in [0.4, 0.5) is 5.69 Å². The fraction of sp³-hybridized carbons (Fsp3) is 0.278. The molecule has 2 aromatic rings. The Kier molecular flexibility index (Phi) is 6.74. The maximum atomic E-state index is 5.99. The van der Waals surface area contributed by atoms with Crippen molar-refractivity contribution in [2.45, 2.75) is 12.5 Å². The highest BCUT2D eigenvalue weighted by Crippen LogP contribution is 2.29. The number of para-hydroxylation sites is 1. The average Bonchev–Trinajstić information content (AvgIpc) is 3.03. The lowest BCUT2D eigenvalue weighted by molar-refractivity contribution is 0.242. The number of anilines is 1. The van der Waals surface area contributed by atoms with Crippen LogP contribution >= 0.6 is 24.0 Å². The van der Waals surface area contributed by atoms with E-state index in [0.717, 1.165) is 12.2 Å². The molecule has 1 heterocycles. The Bertz CT molecular complexity index is 727. The summed E-state index contributed by atoms with van der Waals surface area (Å²) in [6.45, 7) is 0.486. The Morgan fingerprint density at radius 1 is 1.24 bits per heavy atom. The van der Waals surface area contributed by atoms with Crippen molar-refractivity contribution in [2.75, 3.05) is 26.1 Å². The first-order chi connectivity index (χ1) is 11.7. The molecule has 1 aliphatic rings. The van der Waals surface area contributed by atoms with Crippen molar-refractivity contribution >= 4 is 35.6 Å². The number of nitrogens with zero attached hydrogens (tertiary/aromatic N) is 1. The Balaban J connectivity index is 0.00000225. The molecule has 25 heavy (non-hydrogen) atoms. The number of benzene rings is 2. The van der Waals surface area contributed by atoms with Gasteiger partial charge in [-0.15, -0.1) is 24.0 Å². The van der Waals surface area contributed by atoms with Crippen LogP contribution in [0.25, 0.3) is 0 Å². The summed E-state index contributed by atoms with van der Waals surface area (Å²) in [5, 5.41) is 3.05. The van der Waals surface area contributed by atoms with Gasteiger partial charge in [0.25, 0.3) is 0 Å². The standard InChI is InChI=1S/C18H21N3O3.HI/c1-22-13-7-8-17(23-2)15(10-13)21-18(19)20-11-14-9-12-5-3-4-6-16(12)24-14;/h3-8,10,14H,9,11H2,1-2H3,(H3,19,20,21);1H. The maximum absolute atomic E-state index is 5.99. The lowest BCUT2D eigenvalue weighted by Gasteiger charge is -2.13. The van der Waals surface area contributed by atoms with Crippen LogP contribution in [-0.2, 0) is 6.42 Å². The summed E-state index contributed by atoms with van der Waals surface area (Å²) in [7, 11) is 3.21. The third-order valence-electron chi connectivity index (χ3n) is 3.85. The van der Waals surface area contributed by atoms with Gasteiger partial charge in [0, 0.05) is 12.5 Å². The molecule has 2 aromatic carbocycles. The van der Waals surface area contributed by atoms with E-state index < -0.39 is 0 Å². The second-order valence-corrected chi connectivity index (χ2v) is 5.47. The Morgan fingerprint density at radius 2 is 2.04 bits per heavy atom. The van der Waals surface area contributed by atoms with E-state index in [9.17, 15) is 0 Å². The highest BCUT2D eigenvalue weighted by Gasteiger charge is 2.21. The van der Waals surface area contributed by atoms with Gasteiger partial charge in [-0.2, -0.15) is 0 Å². The zero-order chi connectivity index (χ0) is 16.9. The van der Waals surface area contributed by atoms with Crippen LogP contribution in [0.15, 0.2) is 47.5 Å². The summed E-state index contributed by atoms with van der Waals surface area (Å²) in [5.74, 6) is 2.61. The molecule has 1 unspecified atom stereocenters. The first kappa shape index (κ1) is 19.2. The zero-order valence-electron chi connectivity index (χ0n) is 14.2. The molecule has 1 aliphatic heterocycles. The van der Waals surface area contributed by atoms with E-state index in [1.807, 2.05) is 36.4 Å². The van der Waals surface area contributed by atoms with Crippen molar-refractivity contribution in [1.82, 2.24) is 0 Å². The van der Waals surface area contributed by atoms with Gasteiger partial charge >= 0.3 is 0 Å². The normalized spacial score (nSPS) is 15.6. The van der Waals surface area contributed by atoms with Crippen molar-refractivity contribution in [3.05, 3.63) is 48.0 Å². The Labute approximate surface area is 164 Å². The monoisotopic (exact) mass is 455 g/mol. The van der Waals surface area contributed by atoms with Crippen molar-refractivity contribution < 1.29 is 14.2 Å². The fourth-order valence-electron chi connectivity index (χ4n) is 2.65. The van der Waals surface area contributed by atoms with Gasteiger partial charge in [0.15, 0.2) is 5.96 Å². The fourth-order valence-corrected chi connectivity index (χ4v) is 2.65. The van der Waals surface area contributed by atoms with Gasteiger partial charge in [0.1, 0.15) is 23.4 Å². The Hall–Kier alpha value is -2.16. The molecule has 0 spiro atoms. The molecule has 0 amide bonds. The van der Waals surface area contributed by atoms with Gasteiger partial charge in [-0.25, -0.2) is 4.99 Å². The van der Waals surface area contributed by atoms with Crippen LogP contribution in [0.5, 0.6) is 17.2 Å². The molecular weight excluding hydrogens is 433 g/mol. The van der Waals surface area contributed by atoms with Crippen LogP contribution in [0.1, 0.15) is 5.56 Å². The number of aliphatic imine (C=N–C) groups is 1. The summed E-state index contributed by atoms with van der Waals surface area (Å²) in [6, 6.07) is 13.5. The summed E-state index contributed by atoms with van der Waals surface area (Å²) < 4.78 is 16.4. The van der Waals surface area contributed by atoms with Gasteiger partial charge in [-0.3, -0.25) is 0 Å². The van der Waals surface area contributed by atoms with Crippen LogP contribution in [-0.4, -0.2) is 32.8 Å². The molecule has 3 rings (SSSR count). The van der Waals surface area contributed by atoms with Crippen LogP contribution in [0.2, 0.25) is 0 Å². The topological polar surface area (TPSA) is 78.1 Å². The molecule has 0 saturated carbocycles. The first-order valence-electron chi connectivity index (χ1n) is 7.73. The van der Waals surface area contributed by atoms with Gasteiger partial charge in [-0.05, 0) is 23.8 Å². The second kappa shape index (κ2) is 8.80. The second-order valence-electron chi connectivity index (χ2n) is 5.47. The molecule has 0 fully saturated rings. The quantitative estimate of drug-likeness (QED) is 0.412. The van der Waals surface area contributed by atoms with E-state index in [4.69, 9.17) is 19.9 Å². The molecular formula is C18H22IN3O3. The molecule has 0 aromatic heterocycles. The number of guanidine groups is 1. The summed E-state index contributed by atoms with van der Waals surface area (Å²) in [5.41, 5.74) is 7.90. The van der Waals surface area contributed by atoms with Gasteiger partial charge in [0.2, 0.25) is 0 Å². The molecule has 0 saturated heterocycles. The molecule has 134 valence electrons. The predicted molar refractivity (Wildman–Crippen MR) is 110 cm³/mol. The van der Waals surface area contributed by atoms with Crippen molar-refractivity contribution in [3.63, 3.8) is 0 Å². The minimum atomic E-state index is 0. The first-order valence-corrected chi connectivity index (χ1v) is 7.73. The third kappa shape index (κ3) is 4.68. The minimum absolute atomic E-state index is 0. The molecule has 3 N–H and O–H groups in total. The van der Waals surface area contributed by atoms with Gasteiger partial charge in [-0.1, -0.05) is 18.2 Å². The van der Waals surface area contributed by atoms with Gasteiger partial charge in [0.05, 0.1) is 26.5 Å². The number of hydrogen-bond acceptors (Lipinski definition) is 4. The molecule has 7 heteroatoms. The molecule has 0 aliphatic carbocycles. The minimum Gasteiger partial charge on any atom is -0.497 e. The molecule has 1 atom stereocenters. The number of fused-ring (bicyclic) bond motifs is 1. The number of ether oxygens (including phenoxy) is 3. The lowest BCUT2D eigenvalue weighted by atomic mass is 10.1. The number of nitrogens with one attached hydrogen (secondary N) is 1. The number of hydrogen-bond donors (Lipinski definition) is 2. The number of methoxy groups -OCH3 is 2. The van der Waals surface area contributed by atoms with E-state index in [1.165, 1.54) is 5.56 Å². The highest BCUT2D eigenvalue weighted by molar-refractivity contribution is 14.0. The summed E-state index contributed by atoms with van der Waals surface area (Å²) >= 11 is 0. The number of halogens is 1. The summed E-state index contributed by atoms with van der Waals surface area (Å²) in [6.07, 6.45) is 0.852. The van der Waals surface area contributed by atoms with Crippen LogP contribution < -0.4 is 25.3 Å². The largest absolute Gasteiger partial charge is 0.497 e. The van der Waals surface area contributed by atoms with E-state index in [2.05, 4.69) is 16.4 Å². The van der Waals surface area contributed by atoms with E-state index in [-0.39, 0.29) is 30.1 Å². The van der Waals surface area contributed by atoms with Gasteiger partial charge < -0.3 is 25.3 Å². The Morgan fingerprint density at radius 3 is 2.76 bits per heavy atom. The van der Waals surface area contributed by atoms with Crippen LogP contribution in [0, 0.1) is 0 Å². The summed E-state index contributed by atoms with van der Waals surface area (Å²) in [4.78, 5) is 4.38. The smallest absolute Gasteiger partial charge is 0.193 e. The highest BCUT2D eigenvalue weighted by atomic mass is 127. The average molecular weight is 455 g/mol. The molecule has 6 nitrogen and oxygen atoms in total. The van der Waals surface area contributed by atoms with Crippen molar-refractivity contribution in [3.8, 4) is 17.2 Å². The zero-order valence-corrected chi connectivity index (χ0v) is 16.5. The third-order valence-corrected chi connectivity index (χ3v) is 3.85. The number of rotatable bonds is 5. The van der Waals surface area contributed by atoms with Crippen molar-refractivity contribution in [1.29, 1.82) is 0 Å². The molecule has 0 radical (unpaired) electrons. The van der Waals surface area contributed by atoms with Crippen LogP contribution in [0.3, 0.4) is 0 Å². The maximum Gasteiger partial charge on any atom is 0.193 e. The SMILES string of the molecule is COc1ccc(OC)c(NC(N)=NCC2Cc3ccccc3O2)c1.I.